The van der Waals surface area contributed by atoms with Gasteiger partial charge >= 0.3 is 5.88 Å². The second kappa shape index (κ2) is 6.59. The SMILES string of the molecule is O=CN1CCN(c2ccc([N+](=O)[O-])cc2)CC1c1ccc([N+](=O)[O-])o1. The summed E-state index contributed by atoms with van der Waals surface area (Å²) in [4.78, 5) is 35.2. The number of nitrogens with zero attached hydrogens (tertiary/aromatic N) is 4. The van der Waals surface area contributed by atoms with Gasteiger partial charge in [-0.1, -0.05) is 0 Å². The molecule has 1 aliphatic heterocycles. The Morgan fingerprint density at radius 1 is 1.04 bits per heavy atom. The highest BCUT2D eigenvalue weighted by atomic mass is 16.6. The molecule has 0 spiro atoms. The largest absolute Gasteiger partial charge is 0.433 e. The van der Waals surface area contributed by atoms with E-state index in [1.54, 1.807) is 12.1 Å². The highest BCUT2D eigenvalue weighted by Gasteiger charge is 2.31. The van der Waals surface area contributed by atoms with Gasteiger partial charge in [-0.25, -0.2) is 0 Å². The Labute approximate surface area is 141 Å². The molecule has 1 fully saturated rings. The molecule has 10 heteroatoms. The number of piperazine rings is 1. The number of nitro groups is 2. The van der Waals surface area contributed by atoms with Crippen LogP contribution in [0.1, 0.15) is 11.8 Å². The Morgan fingerprint density at radius 2 is 1.76 bits per heavy atom. The van der Waals surface area contributed by atoms with Gasteiger partial charge < -0.3 is 14.2 Å². The van der Waals surface area contributed by atoms with Crippen molar-refractivity contribution < 1.29 is 19.1 Å². The number of hydrogen-bond donors (Lipinski definition) is 0. The number of carbonyl (C=O) groups excluding carboxylic acids is 1. The Hall–Kier alpha value is -3.43. The van der Waals surface area contributed by atoms with Gasteiger partial charge in [-0.2, -0.15) is 0 Å². The van der Waals surface area contributed by atoms with Crippen LogP contribution in [0.25, 0.3) is 0 Å². The second-order valence-corrected chi connectivity index (χ2v) is 5.51. The number of nitro benzene ring substituents is 1. The number of hydrogen-bond acceptors (Lipinski definition) is 7. The Morgan fingerprint density at radius 3 is 2.32 bits per heavy atom. The molecule has 1 aliphatic rings. The Kier molecular flexibility index (Phi) is 4.33. The third-order valence-corrected chi connectivity index (χ3v) is 4.10. The van der Waals surface area contributed by atoms with Gasteiger partial charge in [0.15, 0.2) is 0 Å². The molecule has 1 unspecified atom stereocenters. The van der Waals surface area contributed by atoms with Crippen molar-refractivity contribution in [2.75, 3.05) is 24.5 Å². The van der Waals surface area contributed by atoms with Gasteiger partial charge in [-0.3, -0.25) is 25.0 Å². The van der Waals surface area contributed by atoms with Crippen LogP contribution in [-0.2, 0) is 4.79 Å². The number of non-ortho nitro benzene ring substituents is 1. The predicted octanol–water partition coefficient (Wildman–Crippen LogP) is 2.12. The molecule has 3 rings (SSSR count). The van der Waals surface area contributed by atoms with Crippen molar-refractivity contribution in [3.8, 4) is 0 Å². The lowest BCUT2D eigenvalue weighted by Crippen LogP contribution is -2.47. The molecule has 1 aromatic carbocycles. The molecule has 0 saturated carbocycles. The lowest BCUT2D eigenvalue weighted by atomic mass is 10.1. The number of anilines is 1. The van der Waals surface area contributed by atoms with Gasteiger partial charge in [-0.15, -0.1) is 0 Å². The van der Waals surface area contributed by atoms with E-state index in [0.717, 1.165) is 5.69 Å². The van der Waals surface area contributed by atoms with Crippen LogP contribution in [0, 0.1) is 20.2 Å². The monoisotopic (exact) mass is 346 g/mol. The summed E-state index contributed by atoms with van der Waals surface area (Å²) in [7, 11) is 0. The molecular formula is C15H14N4O6. The van der Waals surface area contributed by atoms with Crippen molar-refractivity contribution in [2.24, 2.45) is 0 Å². The highest BCUT2D eigenvalue weighted by Crippen LogP contribution is 2.31. The van der Waals surface area contributed by atoms with Gasteiger partial charge in [0.25, 0.3) is 5.69 Å². The van der Waals surface area contributed by atoms with Gasteiger partial charge in [0, 0.05) is 37.5 Å². The van der Waals surface area contributed by atoms with E-state index < -0.39 is 15.9 Å². The van der Waals surface area contributed by atoms with Crippen LogP contribution in [0.4, 0.5) is 17.3 Å². The minimum absolute atomic E-state index is 0.00603. The van der Waals surface area contributed by atoms with E-state index in [0.29, 0.717) is 31.8 Å². The minimum atomic E-state index is -0.633. The molecule has 1 saturated heterocycles. The summed E-state index contributed by atoms with van der Waals surface area (Å²) in [5.74, 6) is -0.0567. The van der Waals surface area contributed by atoms with E-state index in [9.17, 15) is 25.0 Å². The summed E-state index contributed by atoms with van der Waals surface area (Å²) in [6.45, 7) is 1.30. The summed E-state index contributed by atoms with van der Waals surface area (Å²) in [5, 5.41) is 21.5. The molecule has 1 aromatic heterocycles. The number of furan rings is 1. The maximum absolute atomic E-state index is 11.3. The zero-order chi connectivity index (χ0) is 18.0. The summed E-state index contributed by atoms with van der Waals surface area (Å²) >= 11 is 0. The molecule has 2 aromatic rings. The fourth-order valence-corrected chi connectivity index (χ4v) is 2.82. The summed E-state index contributed by atoms with van der Waals surface area (Å²) < 4.78 is 5.24. The smallest absolute Gasteiger partial charge is 0.404 e. The first-order valence-corrected chi connectivity index (χ1v) is 7.44. The zero-order valence-electron chi connectivity index (χ0n) is 13.0. The highest BCUT2D eigenvalue weighted by molar-refractivity contribution is 5.54. The maximum atomic E-state index is 11.3. The van der Waals surface area contributed by atoms with Crippen molar-refractivity contribution in [3.05, 3.63) is 62.4 Å². The van der Waals surface area contributed by atoms with E-state index in [-0.39, 0.29) is 11.6 Å². The number of amides is 1. The van der Waals surface area contributed by atoms with Crippen LogP contribution in [0.15, 0.2) is 40.8 Å². The second-order valence-electron chi connectivity index (χ2n) is 5.51. The lowest BCUT2D eigenvalue weighted by Gasteiger charge is -2.39. The molecule has 25 heavy (non-hydrogen) atoms. The quantitative estimate of drug-likeness (QED) is 0.461. The van der Waals surface area contributed by atoms with Gasteiger partial charge in [0.1, 0.15) is 16.7 Å². The molecule has 0 aliphatic carbocycles. The van der Waals surface area contributed by atoms with Gasteiger partial charge in [-0.05, 0) is 18.2 Å². The Balaban J connectivity index is 1.83. The van der Waals surface area contributed by atoms with Gasteiger partial charge in [0.2, 0.25) is 6.41 Å². The van der Waals surface area contributed by atoms with Crippen LogP contribution in [0.2, 0.25) is 0 Å². The number of benzene rings is 1. The first-order valence-electron chi connectivity index (χ1n) is 7.44. The third-order valence-electron chi connectivity index (χ3n) is 4.10. The van der Waals surface area contributed by atoms with Crippen LogP contribution in [0.3, 0.4) is 0 Å². The summed E-state index contributed by atoms with van der Waals surface area (Å²) in [6.07, 6.45) is 0.687. The van der Waals surface area contributed by atoms with Crippen molar-refractivity contribution in [1.82, 2.24) is 4.90 Å². The standard InChI is InChI=1S/C15H14N4O6/c20-10-17-8-7-16(11-1-3-12(4-2-11)18(21)22)9-13(17)14-5-6-15(25-14)19(23)24/h1-6,10,13H,7-9H2. The molecule has 10 nitrogen and oxygen atoms in total. The molecule has 0 N–H and O–H groups in total. The predicted molar refractivity (Wildman–Crippen MR) is 86.2 cm³/mol. The molecule has 0 radical (unpaired) electrons. The molecule has 1 amide bonds. The molecule has 1 atom stereocenters. The zero-order valence-corrected chi connectivity index (χ0v) is 13.0. The average molecular weight is 346 g/mol. The summed E-state index contributed by atoms with van der Waals surface area (Å²) in [6, 6.07) is 8.35. The average Bonchev–Trinajstić information content (AvgIpc) is 3.11. The fraction of sp³-hybridized carbons (Fsp3) is 0.267. The minimum Gasteiger partial charge on any atom is -0.404 e. The maximum Gasteiger partial charge on any atom is 0.433 e. The fourth-order valence-electron chi connectivity index (χ4n) is 2.82. The third kappa shape index (κ3) is 3.27. The molecular weight excluding hydrogens is 332 g/mol. The van der Waals surface area contributed by atoms with E-state index in [1.165, 1.54) is 29.2 Å². The number of carbonyl (C=O) groups is 1. The van der Waals surface area contributed by atoms with E-state index in [1.807, 2.05) is 4.90 Å². The topological polar surface area (TPSA) is 123 Å². The molecule has 130 valence electrons. The van der Waals surface area contributed by atoms with Crippen molar-refractivity contribution in [2.45, 2.75) is 6.04 Å². The molecule has 0 bridgehead atoms. The van der Waals surface area contributed by atoms with E-state index in [2.05, 4.69) is 0 Å². The van der Waals surface area contributed by atoms with Crippen LogP contribution < -0.4 is 4.90 Å². The first-order chi connectivity index (χ1) is 12.0. The summed E-state index contributed by atoms with van der Waals surface area (Å²) in [5.41, 5.74) is 0.760. The van der Waals surface area contributed by atoms with Crippen LogP contribution >= 0.6 is 0 Å². The molecule has 2 heterocycles. The lowest BCUT2D eigenvalue weighted by molar-refractivity contribution is -0.402. The van der Waals surface area contributed by atoms with E-state index >= 15 is 0 Å². The number of rotatable bonds is 5. The van der Waals surface area contributed by atoms with E-state index in [4.69, 9.17) is 4.42 Å². The van der Waals surface area contributed by atoms with Crippen molar-refractivity contribution in [3.63, 3.8) is 0 Å². The van der Waals surface area contributed by atoms with Gasteiger partial charge in [0.05, 0.1) is 11.0 Å². The van der Waals surface area contributed by atoms with Crippen LogP contribution in [0.5, 0.6) is 0 Å². The first kappa shape index (κ1) is 16.4. The van der Waals surface area contributed by atoms with Crippen molar-refractivity contribution >= 4 is 23.7 Å². The Bertz CT molecular complexity index is 803. The normalized spacial score (nSPS) is 17.4. The van der Waals surface area contributed by atoms with Crippen LogP contribution in [-0.4, -0.2) is 40.8 Å². The van der Waals surface area contributed by atoms with Crippen molar-refractivity contribution in [1.29, 1.82) is 0 Å².